The molecule has 0 saturated carbocycles. The van der Waals surface area contributed by atoms with Crippen molar-refractivity contribution in [3.05, 3.63) is 34.0 Å². The zero-order valence-electron chi connectivity index (χ0n) is 19.0. The molecular formula is C22H31ClN6O3. The highest BCUT2D eigenvalue weighted by molar-refractivity contribution is 6.32. The molecule has 0 aliphatic carbocycles. The van der Waals surface area contributed by atoms with E-state index in [9.17, 15) is 15.3 Å². The van der Waals surface area contributed by atoms with Crippen LogP contribution in [0.5, 0.6) is 11.5 Å². The lowest BCUT2D eigenvalue weighted by atomic mass is 10.1. The molecule has 1 aromatic carbocycles. The van der Waals surface area contributed by atoms with Crippen LogP contribution in [-0.2, 0) is 6.54 Å². The Labute approximate surface area is 191 Å². The summed E-state index contributed by atoms with van der Waals surface area (Å²) in [6.07, 6.45) is 0.678. The third-order valence-electron chi connectivity index (χ3n) is 5.33. The van der Waals surface area contributed by atoms with Crippen molar-refractivity contribution in [1.29, 1.82) is 0 Å². The van der Waals surface area contributed by atoms with Crippen molar-refractivity contribution in [1.82, 2.24) is 19.7 Å². The quantitative estimate of drug-likeness (QED) is 0.323. The van der Waals surface area contributed by atoms with Crippen molar-refractivity contribution < 1.29 is 15.3 Å². The number of phenols is 2. The molecule has 1 unspecified atom stereocenters. The molecule has 0 spiro atoms. The van der Waals surface area contributed by atoms with Gasteiger partial charge in [-0.3, -0.25) is 5.10 Å². The van der Waals surface area contributed by atoms with Crippen LogP contribution in [0.3, 0.4) is 0 Å². The molecule has 1 atom stereocenters. The van der Waals surface area contributed by atoms with Gasteiger partial charge >= 0.3 is 0 Å². The minimum Gasteiger partial charge on any atom is -0.508 e. The zero-order valence-corrected chi connectivity index (χ0v) is 19.8. The van der Waals surface area contributed by atoms with Gasteiger partial charge in [0.05, 0.1) is 28.9 Å². The molecule has 0 aliphatic heterocycles. The predicted molar refractivity (Wildman–Crippen MR) is 125 cm³/mol. The number of nitrogens with zero attached hydrogens (tertiary/aromatic N) is 4. The van der Waals surface area contributed by atoms with Crippen LogP contribution in [0.2, 0.25) is 5.02 Å². The first kappa shape index (κ1) is 23.9. The molecule has 0 fully saturated rings. The van der Waals surface area contributed by atoms with E-state index in [-0.39, 0.29) is 47.7 Å². The minimum absolute atomic E-state index is 0.0362. The van der Waals surface area contributed by atoms with E-state index in [1.54, 1.807) is 0 Å². The fourth-order valence-corrected chi connectivity index (χ4v) is 3.67. The number of anilines is 1. The molecule has 0 saturated heterocycles. The van der Waals surface area contributed by atoms with Crippen molar-refractivity contribution in [3.8, 4) is 11.5 Å². The predicted octanol–water partition coefficient (Wildman–Crippen LogP) is 3.81. The van der Waals surface area contributed by atoms with E-state index >= 15 is 0 Å². The fraction of sp³-hybridized carbons (Fsp3) is 0.500. The molecule has 3 rings (SSSR count). The maximum absolute atomic E-state index is 10.2. The number of aliphatic hydroxyl groups is 1. The lowest BCUT2D eigenvalue weighted by Crippen LogP contribution is -2.30. The topological polar surface area (TPSA) is 132 Å². The molecule has 32 heavy (non-hydrogen) atoms. The van der Waals surface area contributed by atoms with E-state index in [4.69, 9.17) is 21.6 Å². The molecule has 0 amide bonds. The molecule has 2 aromatic heterocycles. The van der Waals surface area contributed by atoms with E-state index in [1.807, 2.05) is 11.5 Å². The number of hydrogen-bond acceptors (Lipinski definition) is 7. The van der Waals surface area contributed by atoms with Gasteiger partial charge in [-0.05, 0) is 32.3 Å². The highest BCUT2D eigenvalue weighted by atomic mass is 35.5. The summed E-state index contributed by atoms with van der Waals surface area (Å²) >= 11 is 5.86. The van der Waals surface area contributed by atoms with Crippen LogP contribution in [0.25, 0.3) is 11.0 Å². The van der Waals surface area contributed by atoms with Gasteiger partial charge < -0.3 is 25.2 Å². The Bertz CT molecular complexity index is 1160. The van der Waals surface area contributed by atoms with E-state index in [0.717, 1.165) is 11.2 Å². The van der Waals surface area contributed by atoms with Gasteiger partial charge in [0.15, 0.2) is 11.3 Å². The molecule has 0 radical (unpaired) electrons. The smallest absolute Gasteiger partial charge is 0.227 e. The summed E-state index contributed by atoms with van der Waals surface area (Å²) in [5.74, 6) is 0.521. The molecule has 9 nitrogen and oxygen atoms in total. The summed E-state index contributed by atoms with van der Waals surface area (Å²) in [6.45, 7) is 10.4. The number of fused-ring (bicyclic) bond motifs is 1. The van der Waals surface area contributed by atoms with Crippen LogP contribution in [-0.4, -0.2) is 47.7 Å². The number of rotatable bonds is 8. The number of nitrogens with one attached hydrogen (secondary N) is 2. The normalized spacial score (nSPS) is 13.5. The summed E-state index contributed by atoms with van der Waals surface area (Å²) in [5, 5.41) is 40.8. The van der Waals surface area contributed by atoms with Crippen LogP contribution in [0.15, 0.2) is 17.1 Å². The minimum atomic E-state index is -0.274. The van der Waals surface area contributed by atoms with E-state index < -0.39 is 0 Å². The van der Waals surface area contributed by atoms with Crippen molar-refractivity contribution in [3.63, 3.8) is 0 Å². The number of phenolic OH excluding ortho intramolecular Hbond substituents is 2. The van der Waals surface area contributed by atoms with Crippen LogP contribution >= 0.6 is 11.6 Å². The van der Waals surface area contributed by atoms with Gasteiger partial charge in [0.25, 0.3) is 0 Å². The van der Waals surface area contributed by atoms with Crippen molar-refractivity contribution >= 4 is 28.5 Å². The van der Waals surface area contributed by atoms with Gasteiger partial charge in [-0.2, -0.15) is 10.1 Å². The van der Waals surface area contributed by atoms with Crippen LogP contribution in [0.1, 0.15) is 64.3 Å². The number of aromatic amines is 1. The average molecular weight is 463 g/mol. The molecule has 0 bridgehead atoms. The van der Waals surface area contributed by atoms with Crippen molar-refractivity contribution in [2.24, 2.45) is 4.99 Å². The van der Waals surface area contributed by atoms with E-state index in [1.165, 1.54) is 12.1 Å². The number of hydrogen-bond donors (Lipinski definition) is 5. The molecule has 5 N–H and O–H groups in total. The molecule has 174 valence electrons. The number of aromatic nitrogens is 4. The maximum atomic E-state index is 10.2. The van der Waals surface area contributed by atoms with Crippen LogP contribution in [0, 0.1) is 0 Å². The standard InChI is InChI=1S/C22H31ClN6O3/c1-6-14(10-30)25-22-26-21(24-9-13-7-17(32)15(23)8-16(13)31)19-20(29(22)12(4)5)18(11(2)3)27-28-19/h7-8,11-12,14,30-32H,6,9-10H2,1-5H3,(H,27,28)(H,24,25,26). The number of aromatic hydroxyl groups is 2. The fourth-order valence-electron chi connectivity index (χ4n) is 3.51. The lowest BCUT2D eigenvalue weighted by molar-refractivity contribution is 0.260. The van der Waals surface area contributed by atoms with E-state index in [2.05, 4.69) is 43.2 Å². The van der Waals surface area contributed by atoms with E-state index in [0.29, 0.717) is 28.9 Å². The third-order valence-corrected chi connectivity index (χ3v) is 5.63. The Morgan fingerprint density at radius 1 is 1.19 bits per heavy atom. The maximum Gasteiger partial charge on any atom is 0.227 e. The van der Waals surface area contributed by atoms with Gasteiger partial charge in [0, 0.05) is 24.2 Å². The third kappa shape index (κ3) is 4.68. The lowest BCUT2D eigenvalue weighted by Gasteiger charge is -2.18. The summed E-state index contributed by atoms with van der Waals surface area (Å²) in [6, 6.07) is 2.49. The second kappa shape index (κ2) is 9.79. The Balaban J connectivity index is 2.20. The van der Waals surface area contributed by atoms with Gasteiger partial charge in [-0.15, -0.1) is 0 Å². The first-order valence-electron chi connectivity index (χ1n) is 10.8. The second-order valence-corrected chi connectivity index (χ2v) is 8.78. The molecular weight excluding hydrogens is 432 g/mol. The Morgan fingerprint density at radius 2 is 1.91 bits per heavy atom. The van der Waals surface area contributed by atoms with Crippen LogP contribution < -0.4 is 10.9 Å². The number of halogens is 1. The zero-order chi connectivity index (χ0) is 23.6. The highest BCUT2D eigenvalue weighted by Gasteiger charge is 2.21. The van der Waals surface area contributed by atoms with Gasteiger partial charge in [-0.25, -0.2) is 4.99 Å². The summed E-state index contributed by atoms with van der Waals surface area (Å²) in [5.41, 5.74) is 3.45. The Hall–Kier alpha value is -2.78. The Morgan fingerprint density at radius 3 is 2.50 bits per heavy atom. The Kier molecular flexibility index (Phi) is 7.30. The summed E-state index contributed by atoms with van der Waals surface area (Å²) in [4.78, 5) is 9.46. The van der Waals surface area contributed by atoms with Crippen molar-refractivity contribution in [2.45, 2.75) is 65.6 Å². The first-order valence-corrected chi connectivity index (χ1v) is 11.1. The first-order chi connectivity index (χ1) is 15.2. The largest absolute Gasteiger partial charge is 0.508 e. The number of H-pyrrole nitrogens is 1. The van der Waals surface area contributed by atoms with Gasteiger partial charge in [-0.1, -0.05) is 32.4 Å². The number of aliphatic hydroxyl groups excluding tert-OH is 1. The van der Waals surface area contributed by atoms with Crippen molar-refractivity contribution in [2.75, 3.05) is 11.9 Å². The SMILES string of the molecule is CCC(CO)N=c1nc(NCc2cc(O)c(Cl)cc2O)c2n[nH]c(C(C)C)c2n1C(C)C. The molecule has 2 heterocycles. The summed E-state index contributed by atoms with van der Waals surface area (Å²) < 4.78 is 2.03. The number of benzene rings is 1. The molecule has 0 aliphatic rings. The molecule has 3 aromatic rings. The summed E-state index contributed by atoms with van der Waals surface area (Å²) in [7, 11) is 0. The molecule has 10 heteroatoms. The van der Waals surface area contributed by atoms with Gasteiger partial charge in [0.1, 0.15) is 11.5 Å². The average Bonchev–Trinajstić information content (AvgIpc) is 3.18. The van der Waals surface area contributed by atoms with Gasteiger partial charge in [0.2, 0.25) is 5.62 Å². The monoisotopic (exact) mass is 462 g/mol. The highest BCUT2D eigenvalue weighted by Crippen LogP contribution is 2.32. The van der Waals surface area contributed by atoms with Crippen LogP contribution in [0.4, 0.5) is 5.82 Å². The second-order valence-electron chi connectivity index (χ2n) is 8.37.